The van der Waals surface area contributed by atoms with Crippen molar-refractivity contribution in [1.82, 2.24) is 4.90 Å². The summed E-state index contributed by atoms with van der Waals surface area (Å²) < 4.78 is 10.9. The number of carbonyl (C=O) groups is 2. The Bertz CT molecular complexity index is 548. The average Bonchev–Trinajstić information content (AvgIpc) is 3.04. The second-order valence-corrected chi connectivity index (χ2v) is 6.64. The van der Waals surface area contributed by atoms with E-state index in [-0.39, 0.29) is 23.8 Å². The van der Waals surface area contributed by atoms with Gasteiger partial charge >= 0.3 is 0 Å². The monoisotopic (exact) mass is 338 g/mol. The molecule has 0 N–H and O–H groups in total. The fourth-order valence-corrected chi connectivity index (χ4v) is 3.86. The van der Waals surface area contributed by atoms with Gasteiger partial charge in [0.1, 0.15) is 0 Å². The van der Waals surface area contributed by atoms with Crippen molar-refractivity contribution >= 4 is 28.8 Å². The van der Waals surface area contributed by atoms with E-state index in [9.17, 15) is 9.59 Å². The van der Waals surface area contributed by atoms with Crippen LogP contribution in [0.1, 0.15) is 12.8 Å². The predicted octanol–water partition coefficient (Wildman–Crippen LogP) is 1.36. The lowest BCUT2D eigenvalue weighted by molar-refractivity contribution is -0.141. The van der Waals surface area contributed by atoms with Crippen LogP contribution >= 0.6 is 11.3 Å². The maximum absolute atomic E-state index is 12.9. The van der Waals surface area contributed by atoms with Gasteiger partial charge in [-0.2, -0.15) is 11.3 Å². The molecule has 23 heavy (non-hydrogen) atoms. The van der Waals surface area contributed by atoms with Gasteiger partial charge in [-0.1, -0.05) is 0 Å². The topological polar surface area (TPSA) is 59.1 Å². The number of rotatable bonds is 4. The van der Waals surface area contributed by atoms with E-state index in [0.29, 0.717) is 45.7 Å². The van der Waals surface area contributed by atoms with Crippen LogP contribution in [0.2, 0.25) is 0 Å². The zero-order chi connectivity index (χ0) is 16.2. The van der Waals surface area contributed by atoms with E-state index in [0.717, 1.165) is 5.69 Å². The van der Waals surface area contributed by atoms with Crippen molar-refractivity contribution in [2.24, 2.45) is 5.92 Å². The van der Waals surface area contributed by atoms with Crippen molar-refractivity contribution < 1.29 is 19.1 Å². The molecule has 6 nitrogen and oxygen atoms in total. The number of methoxy groups -OCH3 is 1. The molecule has 0 spiro atoms. The van der Waals surface area contributed by atoms with E-state index in [1.54, 1.807) is 23.3 Å². The summed E-state index contributed by atoms with van der Waals surface area (Å²) in [6, 6.07) is 1.96. The first kappa shape index (κ1) is 16.4. The van der Waals surface area contributed by atoms with Crippen molar-refractivity contribution in [3.8, 4) is 0 Å². The quantitative estimate of drug-likeness (QED) is 0.832. The number of likely N-dealkylation sites (tertiary alicyclic amines) is 1. The Morgan fingerprint density at radius 1 is 1.48 bits per heavy atom. The molecule has 2 amide bonds. The molecule has 2 atom stereocenters. The largest absolute Gasteiger partial charge is 0.384 e. The zero-order valence-corrected chi connectivity index (χ0v) is 14.1. The molecule has 1 aromatic heterocycles. The Morgan fingerprint density at radius 3 is 3.09 bits per heavy atom. The summed E-state index contributed by atoms with van der Waals surface area (Å²) >= 11 is 1.58. The molecule has 0 saturated carbocycles. The van der Waals surface area contributed by atoms with Gasteiger partial charge in [0.15, 0.2) is 0 Å². The fourth-order valence-electron chi connectivity index (χ4n) is 3.21. The van der Waals surface area contributed by atoms with Gasteiger partial charge in [-0.15, -0.1) is 0 Å². The molecule has 3 rings (SSSR count). The molecule has 0 unspecified atom stereocenters. The smallest absolute Gasteiger partial charge is 0.232 e. The molecule has 126 valence electrons. The lowest BCUT2D eigenvalue weighted by atomic mass is 9.92. The Kier molecular flexibility index (Phi) is 5.30. The van der Waals surface area contributed by atoms with Crippen molar-refractivity contribution in [2.75, 3.05) is 44.9 Å². The van der Waals surface area contributed by atoms with E-state index < -0.39 is 0 Å². The number of hydrogen-bond acceptors (Lipinski definition) is 5. The van der Waals surface area contributed by atoms with E-state index in [1.807, 2.05) is 21.7 Å². The van der Waals surface area contributed by atoms with Gasteiger partial charge in [0.2, 0.25) is 11.8 Å². The van der Waals surface area contributed by atoms with Gasteiger partial charge in [-0.25, -0.2) is 0 Å². The standard InChI is InChI=1S/C16H22N2O4S/c1-21-7-3-15(19)17-5-2-13-14(10-17)22-8-6-18(16(13)20)12-4-9-23-11-12/h4,9,11,13-14H,2-3,5-8,10H2,1H3/t13-,14+/m0/s1. The lowest BCUT2D eigenvalue weighted by Gasteiger charge is -2.37. The summed E-state index contributed by atoms with van der Waals surface area (Å²) in [6.45, 7) is 2.60. The van der Waals surface area contributed by atoms with E-state index in [2.05, 4.69) is 0 Å². The van der Waals surface area contributed by atoms with Crippen LogP contribution < -0.4 is 4.90 Å². The molecule has 7 heteroatoms. The molecule has 2 aliphatic rings. The maximum atomic E-state index is 12.9. The number of fused-ring (bicyclic) bond motifs is 1. The van der Waals surface area contributed by atoms with Crippen molar-refractivity contribution in [1.29, 1.82) is 0 Å². The maximum Gasteiger partial charge on any atom is 0.232 e. The average molecular weight is 338 g/mol. The first-order chi connectivity index (χ1) is 11.2. The molecule has 0 radical (unpaired) electrons. The Morgan fingerprint density at radius 2 is 2.35 bits per heavy atom. The van der Waals surface area contributed by atoms with E-state index in [4.69, 9.17) is 9.47 Å². The number of nitrogens with zero attached hydrogens (tertiary/aromatic N) is 2. The van der Waals surface area contributed by atoms with Gasteiger partial charge in [0.05, 0.1) is 37.3 Å². The first-order valence-corrected chi connectivity index (χ1v) is 8.87. The number of ether oxygens (including phenoxy) is 2. The SMILES string of the molecule is COCCC(=O)N1CC[C@@H]2C(=O)N(c3ccsc3)CCO[C@@H]2C1. The number of amides is 2. The van der Waals surface area contributed by atoms with Gasteiger partial charge in [0, 0.05) is 32.1 Å². The minimum atomic E-state index is -0.202. The molecule has 1 aromatic rings. The molecular formula is C16H22N2O4S. The Labute approximate surface area is 140 Å². The minimum Gasteiger partial charge on any atom is -0.384 e. The Balaban J connectivity index is 1.67. The number of thiophene rings is 1. The second-order valence-electron chi connectivity index (χ2n) is 5.86. The molecule has 2 fully saturated rings. The summed E-state index contributed by atoms with van der Waals surface area (Å²) in [5.74, 6) is 0.0269. The third-order valence-electron chi connectivity index (χ3n) is 4.48. The van der Waals surface area contributed by atoms with Crippen LogP contribution in [-0.4, -0.2) is 62.8 Å². The summed E-state index contributed by atoms with van der Waals surface area (Å²) in [6.07, 6.45) is 0.831. The highest BCUT2D eigenvalue weighted by molar-refractivity contribution is 7.08. The second kappa shape index (κ2) is 7.42. The normalized spacial score (nSPS) is 25.2. The molecule has 2 aliphatic heterocycles. The molecule has 0 aliphatic carbocycles. The van der Waals surface area contributed by atoms with Crippen LogP contribution in [0.25, 0.3) is 0 Å². The molecule has 0 aromatic carbocycles. The van der Waals surface area contributed by atoms with Gasteiger partial charge in [0.25, 0.3) is 0 Å². The van der Waals surface area contributed by atoms with E-state index in [1.165, 1.54) is 0 Å². The highest BCUT2D eigenvalue weighted by Crippen LogP contribution is 2.29. The van der Waals surface area contributed by atoms with Crippen LogP contribution in [0.5, 0.6) is 0 Å². The predicted molar refractivity (Wildman–Crippen MR) is 87.6 cm³/mol. The summed E-state index contributed by atoms with van der Waals surface area (Å²) in [4.78, 5) is 28.6. The van der Waals surface area contributed by atoms with Crippen LogP contribution in [-0.2, 0) is 19.1 Å². The summed E-state index contributed by atoms with van der Waals surface area (Å²) in [5.41, 5.74) is 0.947. The van der Waals surface area contributed by atoms with Gasteiger partial charge in [-0.3, -0.25) is 9.59 Å². The molecule has 3 heterocycles. The number of anilines is 1. The first-order valence-electron chi connectivity index (χ1n) is 7.92. The summed E-state index contributed by atoms with van der Waals surface area (Å²) in [5, 5.41) is 3.96. The molecule has 0 bridgehead atoms. The van der Waals surface area contributed by atoms with Crippen LogP contribution in [0.4, 0.5) is 5.69 Å². The van der Waals surface area contributed by atoms with Crippen molar-refractivity contribution in [2.45, 2.75) is 18.9 Å². The van der Waals surface area contributed by atoms with E-state index >= 15 is 0 Å². The lowest BCUT2D eigenvalue weighted by Crippen LogP contribution is -2.51. The number of carbonyl (C=O) groups excluding carboxylic acids is 2. The third-order valence-corrected chi connectivity index (χ3v) is 5.15. The van der Waals surface area contributed by atoms with Gasteiger partial charge < -0.3 is 19.3 Å². The molecular weight excluding hydrogens is 316 g/mol. The minimum absolute atomic E-state index is 0.0697. The highest BCUT2D eigenvalue weighted by atomic mass is 32.1. The van der Waals surface area contributed by atoms with Crippen LogP contribution in [0.3, 0.4) is 0 Å². The number of piperidine rings is 1. The fraction of sp³-hybridized carbons (Fsp3) is 0.625. The summed E-state index contributed by atoms with van der Waals surface area (Å²) in [7, 11) is 1.59. The van der Waals surface area contributed by atoms with Crippen molar-refractivity contribution in [3.05, 3.63) is 16.8 Å². The van der Waals surface area contributed by atoms with Crippen LogP contribution in [0, 0.1) is 5.92 Å². The van der Waals surface area contributed by atoms with Gasteiger partial charge in [-0.05, 0) is 17.9 Å². The van der Waals surface area contributed by atoms with Crippen molar-refractivity contribution in [3.63, 3.8) is 0 Å². The molecule has 2 saturated heterocycles. The van der Waals surface area contributed by atoms with Crippen LogP contribution in [0.15, 0.2) is 16.8 Å². The Hall–Kier alpha value is -1.44. The highest BCUT2D eigenvalue weighted by Gasteiger charge is 2.40. The zero-order valence-electron chi connectivity index (χ0n) is 13.3. The third kappa shape index (κ3) is 3.57. The number of hydrogen-bond donors (Lipinski definition) is 0.